The van der Waals surface area contributed by atoms with Gasteiger partial charge in [-0.3, -0.25) is 9.69 Å². The summed E-state index contributed by atoms with van der Waals surface area (Å²) >= 11 is 6.87. The highest BCUT2D eigenvalue weighted by Gasteiger charge is 2.41. The number of ether oxygens (including phenoxy) is 2. The first-order chi connectivity index (χ1) is 15.9. The molecule has 0 radical (unpaired) electrons. The number of nitriles is 1. The van der Waals surface area contributed by atoms with Gasteiger partial charge >= 0.3 is 0 Å². The van der Waals surface area contributed by atoms with E-state index in [0.29, 0.717) is 36.0 Å². The molecule has 2 aliphatic heterocycles. The molecule has 0 bridgehead atoms. The van der Waals surface area contributed by atoms with Gasteiger partial charge in [-0.15, -0.1) is 0 Å². The zero-order valence-corrected chi connectivity index (χ0v) is 19.6. The molecule has 2 aromatic rings. The predicted molar refractivity (Wildman–Crippen MR) is 126 cm³/mol. The number of hydrogen-bond donors (Lipinski definition) is 1. The first-order valence-electron chi connectivity index (χ1n) is 11.0. The Morgan fingerprint density at radius 3 is 2.73 bits per heavy atom. The second kappa shape index (κ2) is 9.42. The van der Waals surface area contributed by atoms with Gasteiger partial charge in [-0.25, -0.2) is 4.99 Å². The molecule has 172 valence electrons. The van der Waals surface area contributed by atoms with Crippen molar-refractivity contribution >= 4 is 23.5 Å². The number of guanidine groups is 1. The number of rotatable bonds is 5. The van der Waals surface area contributed by atoms with E-state index in [2.05, 4.69) is 6.07 Å². The Kier molecular flexibility index (Phi) is 6.59. The molecule has 33 heavy (non-hydrogen) atoms. The number of carbonyl (C=O) groups is 1. The lowest BCUT2D eigenvalue weighted by Gasteiger charge is -2.40. The van der Waals surface area contributed by atoms with Crippen LogP contribution in [0.3, 0.4) is 0 Å². The van der Waals surface area contributed by atoms with Crippen LogP contribution in [0.2, 0.25) is 5.02 Å². The average molecular weight is 467 g/mol. The number of benzene rings is 2. The van der Waals surface area contributed by atoms with Crippen LogP contribution in [0.5, 0.6) is 5.75 Å². The van der Waals surface area contributed by atoms with Gasteiger partial charge in [-0.05, 0) is 48.6 Å². The van der Waals surface area contributed by atoms with E-state index in [0.717, 1.165) is 29.5 Å². The summed E-state index contributed by atoms with van der Waals surface area (Å²) in [5.74, 6) is 0.812. The van der Waals surface area contributed by atoms with Gasteiger partial charge in [0.05, 0.1) is 30.7 Å². The van der Waals surface area contributed by atoms with Crippen molar-refractivity contribution in [1.29, 1.82) is 5.26 Å². The maximum Gasteiger partial charge on any atom is 0.232 e. The molecule has 0 saturated carbocycles. The van der Waals surface area contributed by atoms with Crippen molar-refractivity contribution in [3.05, 3.63) is 63.7 Å². The maximum absolute atomic E-state index is 13.2. The normalized spacial score (nSPS) is 21.5. The van der Waals surface area contributed by atoms with Crippen LogP contribution in [0.15, 0.2) is 41.4 Å². The average Bonchev–Trinajstić information content (AvgIpc) is 2.80. The van der Waals surface area contributed by atoms with Gasteiger partial charge in [0.15, 0.2) is 5.96 Å². The van der Waals surface area contributed by atoms with Crippen LogP contribution in [-0.4, -0.2) is 43.1 Å². The molecule has 2 N–H and O–H groups in total. The molecule has 0 aromatic heterocycles. The summed E-state index contributed by atoms with van der Waals surface area (Å²) in [7, 11) is 1.58. The van der Waals surface area contributed by atoms with E-state index in [1.54, 1.807) is 24.1 Å². The maximum atomic E-state index is 13.2. The Morgan fingerprint density at radius 2 is 2.06 bits per heavy atom. The number of methoxy groups -OCH3 is 1. The third-order valence-electron chi connectivity index (χ3n) is 6.38. The summed E-state index contributed by atoms with van der Waals surface area (Å²) in [4.78, 5) is 19.6. The van der Waals surface area contributed by atoms with E-state index in [1.165, 1.54) is 0 Å². The van der Waals surface area contributed by atoms with Gasteiger partial charge in [0.1, 0.15) is 5.75 Å². The molecule has 1 saturated heterocycles. The minimum absolute atomic E-state index is 0.0187. The first-order valence-corrected chi connectivity index (χ1v) is 11.3. The highest BCUT2D eigenvalue weighted by Crippen LogP contribution is 2.40. The van der Waals surface area contributed by atoms with Crippen LogP contribution < -0.4 is 10.5 Å². The lowest BCUT2D eigenvalue weighted by molar-refractivity contribution is -0.132. The van der Waals surface area contributed by atoms with Gasteiger partial charge in [0.2, 0.25) is 5.91 Å². The molecule has 1 amide bonds. The zero-order valence-electron chi connectivity index (χ0n) is 18.8. The van der Waals surface area contributed by atoms with Crippen molar-refractivity contribution in [2.24, 2.45) is 10.7 Å². The Labute approximate surface area is 198 Å². The number of nitrogens with zero attached hydrogens (tertiary/aromatic N) is 3. The Morgan fingerprint density at radius 1 is 1.30 bits per heavy atom. The fraction of sp³-hybridized carbons (Fsp3) is 0.400. The van der Waals surface area contributed by atoms with E-state index < -0.39 is 5.54 Å². The van der Waals surface area contributed by atoms with Crippen molar-refractivity contribution < 1.29 is 14.3 Å². The number of carbonyl (C=O) groups excluding carboxylic acids is 1. The minimum Gasteiger partial charge on any atom is -0.496 e. The van der Waals surface area contributed by atoms with Crippen molar-refractivity contribution in [3.63, 3.8) is 0 Å². The fourth-order valence-electron chi connectivity index (χ4n) is 4.64. The quantitative estimate of drug-likeness (QED) is 0.723. The molecule has 1 fully saturated rings. The topological polar surface area (TPSA) is 101 Å². The number of amides is 1. The molecule has 0 aliphatic carbocycles. The summed E-state index contributed by atoms with van der Waals surface area (Å²) in [5.41, 5.74) is 8.55. The monoisotopic (exact) mass is 466 g/mol. The molecular formula is C25H27ClN4O3. The fourth-order valence-corrected chi connectivity index (χ4v) is 5.04. The Bertz CT molecular complexity index is 1140. The standard InChI is InChI=1S/C25H27ClN4O3/c1-25(14-22(31)30(24(28)29-25)19-8-10-33-11-9-19)20-5-3-4-18(23(20)26)13-17-7-6-16(15-27)12-21(17)32-2/h3-7,12,19H,8-11,13-14H2,1-2H3,(H2,28,29)/t25-/m0/s1. The van der Waals surface area contributed by atoms with Crippen LogP contribution in [0.25, 0.3) is 0 Å². The van der Waals surface area contributed by atoms with E-state index in [9.17, 15) is 4.79 Å². The van der Waals surface area contributed by atoms with Crippen LogP contribution in [0, 0.1) is 11.3 Å². The first kappa shape index (κ1) is 23.1. The molecular weight excluding hydrogens is 440 g/mol. The van der Waals surface area contributed by atoms with Crippen LogP contribution in [0.4, 0.5) is 0 Å². The zero-order chi connectivity index (χ0) is 23.6. The van der Waals surface area contributed by atoms with Crippen molar-refractivity contribution in [3.8, 4) is 11.8 Å². The summed E-state index contributed by atoms with van der Waals surface area (Å²) in [6.45, 7) is 3.13. The van der Waals surface area contributed by atoms with Crippen LogP contribution in [-0.2, 0) is 21.5 Å². The van der Waals surface area contributed by atoms with Gasteiger partial charge in [0, 0.05) is 30.7 Å². The van der Waals surface area contributed by atoms with Crippen LogP contribution >= 0.6 is 11.6 Å². The molecule has 2 aliphatic rings. The van der Waals surface area contributed by atoms with Crippen molar-refractivity contribution in [2.75, 3.05) is 20.3 Å². The summed E-state index contributed by atoms with van der Waals surface area (Å²) in [6.07, 6.45) is 2.20. The number of hydrogen-bond acceptors (Lipinski definition) is 6. The molecule has 2 heterocycles. The van der Waals surface area contributed by atoms with Gasteiger partial charge in [-0.1, -0.05) is 35.9 Å². The van der Waals surface area contributed by atoms with Gasteiger partial charge in [-0.2, -0.15) is 5.26 Å². The molecule has 1 atom stereocenters. The van der Waals surface area contributed by atoms with E-state index in [1.807, 2.05) is 31.2 Å². The molecule has 4 rings (SSSR count). The van der Waals surface area contributed by atoms with E-state index in [4.69, 9.17) is 37.1 Å². The molecule has 8 heteroatoms. The third kappa shape index (κ3) is 4.54. The molecule has 0 unspecified atom stereocenters. The van der Waals surface area contributed by atoms with E-state index >= 15 is 0 Å². The van der Waals surface area contributed by atoms with Crippen molar-refractivity contribution in [1.82, 2.24) is 4.90 Å². The third-order valence-corrected chi connectivity index (χ3v) is 6.83. The SMILES string of the molecule is COc1cc(C#N)ccc1Cc1cccc([C@]2(C)CC(=O)N(C3CCOCC3)C(N)=N2)c1Cl. The summed E-state index contributed by atoms with van der Waals surface area (Å²) < 4.78 is 10.9. The largest absolute Gasteiger partial charge is 0.496 e. The highest BCUT2D eigenvalue weighted by molar-refractivity contribution is 6.32. The Balaban J connectivity index is 1.65. The number of halogens is 1. The second-order valence-corrected chi connectivity index (χ2v) is 9.00. The van der Waals surface area contributed by atoms with Crippen molar-refractivity contribution in [2.45, 2.75) is 44.2 Å². The summed E-state index contributed by atoms with van der Waals surface area (Å²) in [6, 6.07) is 13.2. The van der Waals surface area contributed by atoms with Gasteiger partial charge < -0.3 is 15.2 Å². The predicted octanol–water partition coefficient (Wildman–Crippen LogP) is 3.75. The molecule has 2 aromatic carbocycles. The second-order valence-electron chi connectivity index (χ2n) is 8.62. The molecule has 0 spiro atoms. The highest BCUT2D eigenvalue weighted by atomic mass is 35.5. The lowest BCUT2D eigenvalue weighted by atomic mass is 9.85. The van der Waals surface area contributed by atoms with Gasteiger partial charge in [0.25, 0.3) is 0 Å². The van der Waals surface area contributed by atoms with Crippen LogP contribution in [0.1, 0.15) is 48.4 Å². The number of aliphatic imine (C=N–C) groups is 1. The minimum atomic E-state index is -0.856. The number of nitrogens with two attached hydrogens (primary N) is 1. The molecule has 7 nitrogen and oxygen atoms in total. The summed E-state index contributed by atoms with van der Waals surface area (Å²) in [5, 5.41) is 9.70. The Hall–Kier alpha value is -3.08. The lowest BCUT2D eigenvalue weighted by Crippen LogP contribution is -2.55. The smallest absolute Gasteiger partial charge is 0.232 e. The van der Waals surface area contributed by atoms with E-state index in [-0.39, 0.29) is 24.3 Å².